The summed E-state index contributed by atoms with van der Waals surface area (Å²) in [6.07, 6.45) is 0. The second kappa shape index (κ2) is 7.87. The fraction of sp³-hybridized carbons (Fsp3) is 0.100. The number of halogens is 5. The maximum atomic E-state index is 14.2. The highest BCUT2D eigenvalue weighted by molar-refractivity contribution is 7.28. The van der Waals surface area contributed by atoms with Gasteiger partial charge < -0.3 is 14.6 Å². The third-order valence-electron chi connectivity index (χ3n) is 4.39. The van der Waals surface area contributed by atoms with E-state index in [1.165, 1.54) is 20.3 Å². The lowest BCUT2D eigenvalue weighted by atomic mass is 9.96. The highest BCUT2D eigenvalue weighted by Crippen LogP contribution is 2.42. The Balaban J connectivity index is 2.30. The summed E-state index contributed by atoms with van der Waals surface area (Å²) >= 11 is 0. The number of methoxy groups -OCH3 is 2. The van der Waals surface area contributed by atoms with Gasteiger partial charge in [-0.05, 0) is 23.8 Å². The van der Waals surface area contributed by atoms with Gasteiger partial charge in [0.05, 0.1) is 25.3 Å². The summed E-state index contributed by atoms with van der Waals surface area (Å²) in [4.78, 5) is 0. The summed E-state index contributed by atoms with van der Waals surface area (Å²) in [5.74, 6) is -10.5. The maximum absolute atomic E-state index is 14.2. The Labute approximate surface area is 164 Å². The molecule has 0 saturated heterocycles. The average molecular weight is 428 g/mol. The molecule has 0 aliphatic heterocycles. The molecule has 0 bridgehead atoms. The summed E-state index contributed by atoms with van der Waals surface area (Å²) in [5, 5.41) is 10.6. The number of hydrogen-bond acceptors (Lipinski definition) is 3. The third-order valence-corrected chi connectivity index (χ3v) is 4.98. The quantitative estimate of drug-likeness (QED) is 0.277. The van der Waals surface area contributed by atoms with Gasteiger partial charge in [-0.25, -0.2) is 22.0 Å². The number of hydrogen-bond donors (Lipinski definition) is 1. The Morgan fingerprint density at radius 1 is 0.690 bits per heavy atom. The van der Waals surface area contributed by atoms with E-state index in [1.54, 1.807) is 18.2 Å². The SMILES string of the molecule is COc1cccc(OC)c1-c1ccc(-c2c(F)c(F)c(F)c(F)c2F)c(O)c1P. The first-order chi connectivity index (χ1) is 13.7. The van der Waals surface area contributed by atoms with E-state index >= 15 is 0 Å². The zero-order valence-corrected chi connectivity index (χ0v) is 16.3. The Morgan fingerprint density at radius 3 is 1.62 bits per heavy atom. The van der Waals surface area contributed by atoms with Crippen LogP contribution in [0.15, 0.2) is 30.3 Å². The largest absolute Gasteiger partial charge is 0.507 e. The summed E-state index contributed by atoms with van der Waals surface area (Å²) in [5.41, 5.74) is -0.988. The van der Waals surface area contributed by atoms with E-state index in [-0.39, 0.29) is 5.30 Å². The number of rotatable bonds is 4. The van der Waals surface area contributed by atoms with Crippen molar-refractivity contribution in [3.8, 4) is 39.5 Å². The lowest BCUT2D eigenvalue weighted by Gasteiger charge is -2.18. The van der Waals surface area contributed by atoms with Gasteiger partial charge in [0.25, 0.3) is 0 Å². The predicted octanol–water partition coefficient (Wildman–Crippen LogP) is 4.94. The van der Waals surface area contributed by atoms with E-state index in [0.29, 0.717) is 22.6 Å². The van der Waals surface area contributed by atoms with Gasteiger partial charge in [0.15, 0.2) is 23.3 Å². The van der Waals surface area contributed by atoms with Crippen molar-refractivity contribution >= 4 is 14.5 Å². The topological polar surface area (TPSA) is 38.7 Å². The van der Waals surface area contributed by atoms with Crippen LogP contribution in [0.3, 0.4) is 0 Å². The zero-order chi connectivity index (χ0) is 21.5. The molecule has 0 amide bonds. The molecule has 3 nitrogen and oxygen atoms in total. The van der Waals surface area contributed by atoms with Crippen LogP contribution < -0.4 is 14.8 Å². The van der Waals surface area contributed by atoms with Crippen molar-refractivity contribution in [1.29, 1.82) is 0 Å². The highest BCUT2D eigenvalue weighted by Gasteiger charge is 2.29. The summed E-state index contributed by atoms with van der Waals surface area (Å²) in [6.45, 7) is 0. The maximum Gasteiger partial charge on any atom is 0.200 e. The van der Waals surface area contributed by atoms with Gasteiger partial charge in [0.2, 0.25) is 5.82 Å². The lowest BCUT2D eigenvalue weighted by Crippen LogP contribution is -2.07. The Hall–Kier alpha value is -2.86. The van der Waals surface area contributed by atoms with Gasteiger partial charge in [-0.3, -0.25) is 0 Å². The van der Waals surface area contributed by atoms with Crippen molar-refractivity contribution in [1.82, 2.24) is 0 Å². The molecule has 0 aromatic heterocycles. The van der Waals surface area contributed by atoms with Crippen molar-refractivity contribution in [3.63, 3.8) is 0 Å². The normalized spacial score (nSPS) is 10.9. The van der Waals surface area contributed by atoms with E-state index in [4.69, 9.17) is 9.47 Å². The number of ether oxygens (including phenoxy) is 2. The molecule has 3 rings (SSSR count). The average Bonchev–Trinajstić information content (AvgIpc) is 2.73. The molecule has 1 atom stereocenters. The van der Waals surface area contributed by atoms with Crippen LogP contribution in [0.4, 0.5) is 22.0 Å². The van der Waals surface area contributed by atoms with Crippen LogP contribution in [0.5, 0.6) is 17.2 Å². The molecule has 0 spiro atoms. The van der Waals surface area contributed by atoms with Crippen molar-refractivity contribution in [2.75, 3.05) is 14.2 Å². The Kier molecular flexibility index (Phi) is 5.66. The van der Waals surface area contributed by atoms with Crippen LogP contribution in [0.2, 0.25) is 0 Å². The summed E-state index contributed by atoms with van der Waals surface area (Å²) in [6, 6.07) is 7.36. The molecule has 1 unspecified atom stereocenters. The monoisotopic (exact) mass is 428 g/mol. The minimum absolute atomic E-state index is 0.0502. The lowest BCUT2D eigenvalue weighted by molar-refractivity contribution is 0.380. The summed E-state index contributed by atoms with van der Waals surface area (Å²) < 4.78 is 79.5. The molecular weight excluding hydrogens is 414 g/mol. The van der Waals surface area contributed by atoms with Crippen molar-refractivity contribution < 1.29 is 36.5 Å². The Morgan fingerprint density at radius 2 is 1.14 bits per heavy atom. The standard InChI is InChI=1S/C20H14F5O3P/c1-27-10-4-3-5-11(28-2)12(10)9-7-6-8(19(26)20(9)29)13-14(21)16(23)18(25)17(24)15(13)22/h3-7,26H,29H2,1-2H3. The number of benzene rings is 3. The van der Waals surface area contributed by atoms with Crippen molar-refractivity contribution in [3.05, 3.63) is 59.4 Å². The number of phenolic OH excluding ortho intramolecular Hbond substituents is 1. The molecule has 0 aliphatic rings. The molecule has 9 heteroatoms. The molecular formula is C20H14F5O3P. The number of phenols is 1. The van der Waals surface area contributed by atoms with Gasteiger partial charge >= 0.3 is 0 Å². The first kappa shape index (κ1) is 20.9. The van der Waals surface area contributed by atoms with E-state index in [2.05, 4.69) is 9.24 Å². The molecule has 0 heterocycles. The van der Waals surface area contributed by atoms with Crippen LogP contribution >= 0.6 is 9.24 Å². The molecule has 1 N–H and O–H groups in total. The minimum Gasteiger partial charge on any atom is -0.507 e. The van der Waals surface area contributed by atoms with E-state index in [1.807, 2.05) is 0 Å². The third kappa shape index (κ3) is 3.27. The van der Waals surface area contributed by atoms with Crippen molar-refractivity contribution in [2.24, 2.45) is 0 Å². The second-order valence-corrected chi connectivity index (χ2v) is 6.48. The molecule has 3 aromatic carbocycles. The second-order valence-electron chi connectivity index (χ2n) is 5.91. The Bertz CT molecular complexity index is 1070. The molecule has 29 heavy (non-hydrogen) atoms. The van der Waals surface area contributed by atoms with Crippen molar-refractivity contribution in [2.45, 2.75) is 0 Å². The molecule has 3 aromatic rings. The van der Waals surface area contributed by atoms with E-state index < -0.39 is 46.0 Å². The van der Waals surface area contributed by atoms with Gasteiger partial charge in [0, 0.05) is 10.9 Å². The molecule has 152 valence electrons. The molecule has 0 fully saturated rings. The van der Waals surface area contributed by atoms with E-state index in [0.717, 1.165) is 6.07 Å². The van der Waals surface area contributed by atoms with Crippen LogP contribution in [-0.4, -0.2) is 19.3 Å². The fourth-order valence-electron chi connectivity index (χ4n) is 2.99. The first-order valence-corrected chi connectivity index (χ1v) is 8.66. The molecule has 0 saturated carbocycles. The molecule has 0 aliphatic carbocycles. The summed E-state index contributed by atoms with van der Waals surface area (Å²) in [7, 11) is 5.03. The van der Waals surface area contributed by atoms with Gasteiger partial charge in [-0.1, -0.05) is 12.1 Å². The smallest absolute Gasteiger partial charge is 0.200 e. The number of aromatic hydroxyl groups is 1. The highest BCUT2D eigenvalue weighted by atomic mass is 31.0. The van der Waals surface area contributed by atoms with Gasteiger partial charge in [0.1, 0.15) is 17.2 Å². The first-order valence-electron chi connectivity index (χ1n) is 8.09. The van der Waals surface area contributed by atoms with Crippen LogP contribution in [-0.2, 0) is 0 Å². The predicted molar refractivity (Wildman–Crippen MR) is 101 cm³/mol. The van der Waals surface area contributed by atoms with Crippen LogP contribution in [0.25, 0.3) is 22.3 Å². The van der Waals surface area contributed by atoms with Crippen LogP contribution in [0.1, 0.15) is 0 Å². The fourth-order valence-corrected chi connectivity index (χ4v) is 3.38. The molecule has 0 radical (unpaired) electrons. The van der Waals surface area contributed by atoms with Crippen LogP contribution in [0, 0.1) is 29.1 Å². The van der Waals surface area contributed by atoms with Gasteiger partial charge in [-0.15, -0.1) is 9.24 Å². The minimum atomic E-state index is -2.27. The van der Waals surface area contributed by atoms with Gasteiger partial charge in [-0.2, -0.15) is 0 Å². The zero-order valence-electron chi connectivity index (χ0n) is 15.1. The van der Waals surface area contributed by atoms with E-state index in [9.17, 15) is 27.1 Å².